The quantitative estimate of drug-likeness (QED) is 0.754. The number of nitrogens with zero attached hydrogens (tertiary/aromatic N) is 1. The molecule has 1 aromatic carbocycles. The van der Waals surface area contributed by atoms with Gasteiger partial charge >= 0.3 is 5.97 Å². The summed E-state index contributed by atoms with van der Waals surface area (Å²) in [6.45, 7) is 1.30. The Morgan fingerprint density at radius 1 is 1.28 bits per heavy atom. The molecule has 0 amide bonds. The minimum Gasteiger partial charge on any atom is -0.488 e. The van der Waals surface area contributed by atoms with Crippen molar-refractivity contribution in [2.24, 2.45) is 0 Å². The van der Waals surface area contributed by atoms with Crippen LogP contribution in [0.5, 0.6) is 5.75 Å². The molecule has 1 aromatic heterocycles. The van der Waals surface area contributed by atoms with Crippen molar-refractivity contribution in [1.82, 2.24) is 4.98 Å². The molecule has 0 radical (unpaired) electrons. The molecule has 1 aliphatic heterocycles. The molecule has 0 spiro atoms. The van der Waals surface area contributed by atoms with Crippen molar-refractivity contribution in [3.05, 3.63) is 34.8 Å². The number of ether oxygens (including phenoxy) is 3. The Kier molecular flexibility index (Phi) is 4.72. The van der Waals surface area contributed by atoms with E-state index in [9.17, 15) is 4.79 Å². The van der Waals surface area contributed by atoms with Crippen LogP contribution in [0.25, 0.3) is 10.6 Å². The zero-order valence-electron chi connectivity index (χ0n) is 14.2. The van der Waals surface area contributed by atoms with Gasteiger partial charge < -0.3 is 14.2 Å². The van der Waals surface area contributed by atoms with E-state index in [4.69, 9.17) is 14.2 Å². The predicted octanol–water partition coefficient (Wildman–Crippen LogP) is 4.03. The van der Waals surface area contributed by atoms with Crippen molar-refractivity contribution in [2.45, 2.75) is 37.7 Å². The van der Waals surface area contributed by atoms with Gasteiger partial charge in [-0.3, -0.25) is 0 Å². The third-order valence-electron chi connectivity index (χ3n) is 4.80. The number of aromatic nitrogens is 1. The number of carbonyl (C=O) groups is 1. The molecular weight excluding hydrogens is 338 g/mol. The molecule has 1 aliphatic carbocycles. The van der Waals surface area contributed by atoms with Gasteiger partial charge in [0.25, 0.3) is 0 Å². The van der Waals surface area contributed by atoms with E-state index in [2.05, 4.69) is 4.98 Å². The summed E-state index contributed by atoms with van der Waals surface area (Å²) in [5, 5.41) is 0.917. The summed E-state index contributed by atoms with van der Waals surface area (Å²) in [5.74, 6) is 0.945. The number of rotatable bonds is 5. The van der Waals surface area contributed by atoms with Crippen LogP contribution in [0.3, 0.4) is 0 Å². The highest BCUT2D eigenvalue weighted by Gasteiger charge is 2.23. The molecule has 2 aromatic rings. The molecule has 0 bridgehead atoms. The van der Waals surface area contributed by atoms with Crippen LogP contribution >= 0.6 is 11.3 Å². The first-order chi connectivity index (χ1) is 12.2. The van der Waals surface area contributed by atoms with E-state index in [1.54, 1.807) is 17.4 Å². The average molecular weight is 359 g/mol. The molecule has 1 atom stereocenters. The topological polar surface area (TPSA) is 57.7 Å². The summed E-state index contributed by atoms with van der Waals surface area (Å²) in [4.78, 5) is 17.9. The summed E-state index contributed by atoms with van der Waals surface area (Å²) in [6.07, 6.45) is 6.67. The molecule has 2 aliphatic rings. The summed E-state index contributed by atoms with van der Waals surface area (Å²) < 4.78 is 16.3. The molecule has 6 heteroatoms. The highest BCUT2D eigenvalue weighted by Crippen LogP contribution is 2.41. The maximum absolute atomic E-state index is 12.0. The minimum absolute atomic E-state index is 0.0302. The standard InChI is InChI=1S/C19H21NO4S/c1-22-19(21)14-7-13(8-16(9-14)24-15-5-6-23-11-15)18-20-10-17(25-18)12-3-2-4-12/h7-10,12,15H,2-6,11H2,1H3/t15-/m1/s1. The fourth-order valence-electron chi connectivity index (χ4n) is 3.13. The molecule has 2 heterocycles. The maximum atomic E-state index is 12.0. The van der Waals surface area contributed by atoms with Crippen LogP contribution in [0.4, 0.5) is 0 Å². The molecule has 4 rings (SSSR count). The van der Waals surface area contributed by atoms with Crippen LogP contribution in [-0.4, -0.2) is 37.4 Å². The number of hydrogen-bond acceptors (Lipinski definition) is 6. The lowest BCUT2D eigenvalue weighted by molar-refractivity contribution is 0.0600. The van der Waals surface area contributed by atoms with Gasteiger partial charge in [-0.2, -0.15) is 0 Å². The van der Waals surface area contributed by atoms with Gasteiger partial charge in [0.2, 0.25) is 0 Å². The third kappa shape index (κ3) is 3.55. The Morgan fingerprint density at radius 2 is 2.16 bits per heavy atom. The van der Waals surface area contributed by atoms with Gasteiger partial charge in [0, 0.05) is 23.1 Å². The van der Waals surface area contributed by atoms with Crippen molar-refractivity contribution < 1.29 is 19.0 Å². The normalized spacial score (nSPS) is 20.3. The summed E-state index contributed by atoms with van der Waals surface area (Å²) in [6, 6.07) is 5.51. The van der Waals surface area contributed by atoms with Gasteiger partial charge in [-0.25, -0.2) is 9.78 Å². The highest BCUT2D eigenvalue weighted by molar-refractivity contribution is 7.15. The van der Waals surface area contributed by atoms with E-state index in [1.165, 1.54) is 31.2 Å². The lowest BCUT2D eigenvalue weighted by Gasteiger charge is -2.23. The summed E-state index contributed by atoms with van der Waals surface area (Å²) in [7, 11) is 1.39. The van der Waals surface area contributed by atoms with E-state index >= 15 is 0 Å². The SMILES string of the molecule is COC(=O)c1cc(O[C@@H]2CCOC2)cc(-c2ncc(C3CCC3)s2)c1. The van der Waals surface area contributed by atoms with Crippen molar-refractivity contribution in [1.29, 1.82) is 0 Å². The minimum atomic E-state index is -0.370. The largest absolute Gasteiger partial charge is 0.488 e. The van der Waals surface area contributed by atoms with E-state index in [1.807, 2.05) is 18.3 Å². The second-order valence-corrected chi connectivity index (χ2v) is 7.60. The van der Waals surface area contributed by atoms with Crippen molar-refractivity contribution >= 4 is 17.3 Å². The molecule has 5 nitrogen and oxygen atoms in total. The Labute approximate surface area is 150 Å². The van der Waals surface area contributed by atoms with E-state index in [-0.39, 0.29) is 12.1 Å². The molecular formula is C19H21NO4S. The zero-order chi connectivity index (χ0) is 17.2. The predicted molar refractivity (Wildman–Crippen MR) is 95.3 cm³/mol. The highest BCUT2D eigenvalue weighted by atomic mass is 32.1. The van der Waals surface area contributed by atoms with Gasteiger partial charge in [0.15, 0.2) is 0 Å². The van der Waals surface area contributed by atoms with Gasteiger partial charge in [-0.1, -0.05) is 6.42 Å². The first kappa shape index (κ1) is 16.5. The summed E-state index contributed by atoms with van der Waals surface area (Å²) in [5.41, 5.74) is 1.38. The van der Waals surface area contributed by atoms with Crippen LogP contribution in [0.2, 0.25) is 0 Å². The first-order valence-electron chi connectivity index (χ1n) is 8.67. The van der Waals surface area contributed by atoms with Crippen LogP contribution in [0.1, 0.15) is 46.8 Å². The number of esters is 1. The number of hydrogen-bond donors (Lipinski definition) is 0. The fourth-order valence-corrected chi connectivity index (χ4v) is 4.20. The van der Waals surface area contributed by atoms with E-state index in [0.29, 0.717) is 30.4 Å². The fraction of sp³-hybridized carbons (Fsp3) is 0.474. The van der Waals surface area contributed by atoms with Gasteiger partial charge in [0.05, 0.1) is 25.9 Å². The second-order valence-electron chi connectivity index (χ2n) is 6.54. The number of carbonyl (C=O) groups excluding carboxylic acids is 1. The number of methoxy groups -OCH3 is 1. The van der Waals surface area contributed by atoms with E-state index < -0.39 is 0 Å². The van der Waals surface area contributed by atoms with Gasteiger partial charge in [-0.05, 0) is 37.0 Å². The molecule has 1 saturated carbocycles. The molecule has 25 heavy (non-hydrogen) atoms. The first-order valence-corrected chi connectivity index (χ1v) is 9.48. The lowest BCUT2D eigenvalue weighted by atomic mass is 9.85. The number of thiazole rings is 1. The van der Waals surface area contributed by atoms with Crippen LogP contribution in [0, 0.1) is 0 Å². The Bertz CT molecular complexity index is 763. The van der Waals surface area contributed by atoms with Crippen LogP contribution in [-0.2, 0) is 9.47 Å². The van der Waals surface area contributed by atoms with Gasteiger partial charge in [0.1, 0.15) is 16.9 Å². The Balaban J connectivity index is 1.64. The average Bonchev–Trinajstić information content (AvgIpc) is 3.24. The van der Waals surface area contributed by atoms with Crippen LogP contribution < -0.4 is 4.74 Å². The third-order valence-corrected chi connectivity index (χ3v) is 6.01. The van der Waals surface area contributed by atoms with Gasteiger partial charge in [-0.15, -0.1) is 11.3 Å². The summed E-state index contributed by atoms with van der Waals surface area (Å²) >= 11 is 1.71. The molecule has 2 fully saturated rings. The molecule has 0 N–H and O–H groups in total. The number of benzene rings is 1. The van der Waals surface area contributed by atoms with Crippen molar-refractivity contribution in [2.75, 3.05) is 20.3 Å². The van der Waals surface area contributed by atoms with Crippen molar-refractivity contribution in [3.63, 3.8) is 0 Å². The Morgan fingerprint density at radius 3 is 2.84 bits per heavy atom. The lowest BCUT2D eigenvalue weighted by Crippen LogP contribution is -2.16. The van der Waals surface area contributed by atoms with Crippen LogP contribution in [0.15, 0.2) is 24.4 Å². The monoisotopic (exact) mass is 359 g/mol. The molecule has 1 saturated heterocycles. The Hall–Kier alpha value is -1.92. The second kappa shape index (κ2) is 7.14. The molecule has 0 unspecified atom stereocenters. The zero-order valence-corrected chi connectivity index (χ0v) is 15.0. The van der Waals surface area contributed by atoms with Crippen molar-refractivity contribution in [3.8, 4) is 16.3 Å². The van der Waals surface area contributed by atoms with E-state index in [0.717, 1.165) is 17.0 Å². The molecule has 132 valence electrons. The maximum Gasteiger partial charge on any atom is 0.338 e. The smallest absolute Gasteiger partial charge is 0.338 e.